The van der Waals surface area contributed by atoms with Crippen molar-refractivity contribution in [2.24, 2.45) is 0 Å². The number of methoxy groups -OCH3 is 1. The molecule has 0 aliphatic heterocycles. The molecule has 0 aliphatic rings. The third-order valence-corrected chi connectivity index (χ3v) is 5.97. The van der Waals surface area contributed by atoms with Gasteiger partial charge in [0.1, 0.15) is 14.5 Å². The van der Waals surface area contributed by atoms with Crippen molar-refractivity contribution in [3.63, 3.8) is 0 Å². The summed E-state index contributed by atoms with van der Waals surface area (Å²) in [5, 5.41) is 0. The first kappa shape index (κ1) is 17.3. The first-order valence-electron chi connectivity index (χ1n) is 4.68. The van der Waals surface area contributed by atoms with Crippen LogP contribution in [0.1, 0.15) is 0 Å². The van der Waals surface area contributed by atoms with E-state index in [2.05, 4.69) is 0 Å². The number of rotatable bonds is 3. The predicted octanol–water partition coefficient (Wildman–Crippen LogP) is 3.08. The molecule has 4 nitrogen and oxygen atoms in total. The quantitative estimate of drug-likeness (QED) is 0.402. The fourth-order valence-corrected chi connectivity index (χ4v) is 4.48. The molecule has 1 radical (unpaired) electrons. The van der Waals surface area contributed by atoms with Crippen molar-refractivity contribution in [1.29, 1.82) is 0 Å². The van der Waals surface area contributed by atoms with E-state index >= 15 is 0 Å². The number of hydrogen-bond acceptors (Lipinski definition) is 6. The Balaban J connectivity index is 0.00000180. The van der Waals surface area contributed by atoms with E-state index in [-0.39, 0.29) is 40.2 Å². The number of hydrogen-bond donors (Lipinski definition) is 1. The molecule has 1 aromatic carbocycles. The fraction of sp³-hybridized carbons (Fsp3) is 0.100. The van der Waals surface area contributed by atoms with Gasteiger partial charge < -0.3 is 4.74 Å². The van der Waals surface area contributed by atoms with Gasteiger partial charge in [0.15, 0.2) is 0 Å². The molecule has 9 heteroatoms. The summed E-state index contributed by atoms with van der Waals surface area (Å²) >= 11 is 5.02. The molecule has 0 unspecified atom stereocenters. The van der Waals surface area contributed by atoms with Crippen LogP contribution in [-0.2, 0) is 10.1 Å². The minimum absolute atomic E-state index is 0. The maximum atomic E-state index is 11.3. The standard InChI is InChI=1S/C10H8O4S4.Na/c1-14-7-3-2-6(4-9(7)18(11,12)13)8-5-10(15)17-16-8;/h2-5H,1H3,(H,11,12,13);. The van der Waals surface area contributed by atoms with Crippen molar-refractivity contribution in [1.82, 2.24) is 0 Å². The van der Waals surface area contributed by atoms with Crippen molar-refractivity contribution in [3.05, 3.63) is 28.1 Å². The fourth-order valence-electron chi connectivity index (χ4n) is 1.40. The van der Waals surface area contributed by atoms with E-state index in [0.717, 1.165) is 8.70 Å². The van der Waals surface area contributed by atoms with Crippen molar-refractivity contribution < 1.29 is 17.7 Å². The van der Waals surface area contributed by atoms with Crippen LogP contribution in [-0.4, -0.2) is 49.6 Å². The molecule has 0 saturated heterocycles. The second-order valence-electron chi connectivity index (χ2n) is 3.33. The maximum Gasteiger partial charge on any atom is 0.298 e. The van der Waals surface area contributed by atoms with Gasteiger partial charge in [-0.1, -0.05) is 32.9 Å². The average Bonchev–Trinajstić information content (AvgIpc) is 2.74. The molecule has 2 rings (SSSR count). The van der Waals surface area contributed by atoms with Gasteiger partial charge in [0, 0.05) is 34.4 Å². The smallest absolute Gasteiger partial charge is 0.298 e. The molecule has 1 aromatic heterocycles. The molecule has 1 heterocycles. The van der Waals surface area contributed by atoms with Gasteiger partial charge in [0.05, 0.1) is 7.11 Å². The van der Waals surface area contributed by atoms with Crippen LogP contribution in [0, 0.1) is 3.82 Å². The zero-order chi connectivity index (χ0) is 13.3. The van der Waals surface area contributed by atoms with Crippen LogP contribution in [0.4, 0.5) is 0 Å². The summed E-state index contributed by atoms with van der Waals surface area (Å²) < 4.78 is 37.3. The van der Waals surface area contributed by atoms with Gasteiger partial charge in [0.2, 0.25) is 0 Å². The van der Waals surface area contributed by atoms with Crippen LogP contribution in [0.5, 0.6) is 5.75 Å². The Hall–Kier alpha value is 0.200. The Labute approximate surface area is 145 Å². The first-order chi connectivity index (χ1) is 8.41. The van der Waals surface area contributed by atoms with E-state index in [0.29, 0.717) is 5.56 Å². The predicted molar refractivity (Wildman–Crippen MR) is 80.6 cm³/mol. The summed E-state index contributed by atoms with van der Waals surface area (Å²) in [7, 11) is -0.0753. The SMILES string of the molecule is COc1ccc(-c2cc(=S)ss2)cc1S(=O)(=O)O.[Na]. The van der Waals surface area contributed by atoms with Gasteiger partial charge in [-0.25, -0.2) is 0 Å². The average molecular weight is 343 g/mol. The van der Waals surface area contributed by atoms with E-state index in [9.17, 15) is 8.42 Å². The molecule has 0 atom stereocenters. The topological polar surface area (TPSA) is 63.6 Å². The summed E-state index contributed by atoms with van der Waals surface area (Å²) in [6.07, 6.45) is 0. The van der Waals surface area contributed by atoms with Crippen molar-refractivity contribution >= 4 is 72.6 Å². The molecule has 0 spiro atoms. The summed E-state index contributed by atoms with van der Waals surface area (Å²) in [5.41, 5.74) is 0.681. The van der Waals surface area contributed by atoms with E-state index in [1.54, 1.807) is 12.1 Å². The summed E-state index contributed by atoms with van der Waals surface area (Å²) in [6, 6.07) is 6.40. The Bertz CT molecular complexity index is 732. The van der Waals surface area contributed by atoms with Crippen LogP contribution in [0.15, 0.2) is 29.2 Å². The largest absolute Gasteiger partial charge is 0.495 e. The van der Waals surface area contributed by atoms with E-state index < -0.39 is 10.1 Å². The number of ether oxygens (including phenoxy) is 1. The van der Waals surface area contributed by atoms with Crippen LogP contribution in [0.25, 0.3) is 10.4 Å². The van der Waals surface area contributed by atoms with Gasteiger partial charge in [-0.05, 0) is 29.8 Å². The Morgan fingerprint density at radius 2 is 1.95 bits per heavy atom. The second-order valence-corrected chi connectivity index (χ2v) is 7.64. The second kappa shape index (κ2) is 6.77. The molecular weight excluding hydrogens is 335 g/mol. The molecule has 0 amide bonds. The first-order valence-corrected chi connectivity index (χ1v) is 8.67. The van der Waals surface area contributed by atoms with Crippen LogP contribution < -0.4 is 4.74 Å². The van der Waals surface area contributed by atoms with Gasteiger partial charge in [0.25, 0.3) is 10.1 Å². The Kier molecular flexibility index (Phi) is 6.15. The molecule has 19 heavy (non-hydrogen) atoms. The minimum atomic E-state index is -4.31. The molecule has 0 fully saturated rings. The van der Waals surface area contributed by atoms with Gasteiger partial charge in [-0.2, -0.15) is 8.42 Å². The molecule has 1 N–H and O–H groups in total. The van der Waals surface area contributed by atoms with Gasteiger partial charge >= 0.3 is 0 Å². The number of benzene rings is 1. The van der Waals surface area contributed by atoms with Crippen molar-refractivity contribution in [3.8, 4) is 16.2 Å². The summed E-state index contributed by atoms with van der Waals surface area (Å²) in [4.78, 5) is 0.615. The zero-order valence-electron chi connectivity index (χ0n) is 10.1. The molecule has 0 bridgehead atoms. The van der Waals surface area contributed by atoms with Crippen LogP contribution >= 0.6 is 32.9 Å². The molecule has 97 valence electrons. The molecule has 2 aromatic rings. The molecule has 0 saturated carbocycles. The van der Waals surface area contributed by atoms with Crippen molar-refractivity contribution in [2.75, 3.05) is 7.11 Å². The van der Waals surface area contributed by atoms with Crippen molar-refractivity contribution in [2.45, 2.75) is 4.90 Å². The minimum Gasteiger partial charge on any atom is -0.495 e. The molecular formula is C10H8NaO4S4. The molecule has 0 aliphatic carbocycles. The Morgan fingerprint density at radius 1 is 1.26 bits per heavy atom. The van der Waals surface area contributed by atoms with E-state index in [1.165, 1.54) is 39.9 Å². The van der Waals surface area contributed by atoms with Crippen LogP contribution in [0.2, 0.25) is 0 Å². The Morgan fingerprint density at radius 3 is 2.42 bits per heavy atom. The summed E-state index contributed by atoms with van der Waals surface area (Å²) in [6.45, 7) is 0. The zero-order valence-corrected chi connectivity index (χ0v) is 15.4. The third-order valence-electron chi connectivity index (χ3n) is 2.19. The monoisotopic (exact) mass is 343 g/mol. The summed E-state index contributed by atoms with van der Waals surface area (Å²) in [5.74, 6) is 0.111. The van der Waals surface area contributed by atoms with Gasteiger partial charge in [-0.3, -0.25) is 4.55 Å². The normalized spacial score (nSPS) is 10.8. The maximum absolute atomic E-state index is 11.3. The van der Waals surface area contributed by atoms with Crippen LogP contribution in [0.3, 0.4) is 0 Å². The third kappa shape index (κ3) is 4.08. The van der Waals surface area contributed by atoms with E-state index in [1.807, 2.05) is 0 Å². The van der Waals surface area contributed by atoms with E-state index in [4.69, 9.17) is 21.5 Å². The van der Waals surface area contributed by atoms with Gasteiger partial charge in [-0.15, -0.1) is 0 Å².